The molecule has 0 aromatic rings. The molecule has 0 radical (unpaired) electrons. The van der Waals surface area contributed by atoms with Crippen LogP contribution < -0.4 is 5.32 Å². The summed E-state index contributed by atoms with van der Waals surface area (Å²) in [5, 5.41) is 12.5. The van der Waals surface area contributed by atoms with Crippen LogP contribution in [-0.4, -0.2) is 47.2 Å². The van der Waals surface area contributed by atoms with Gasteiger partial charge >= 0.3 is 5.97 Å². The van der Waals surface area contributed by atoms with Gasteiger partial charge in [-0.25, -0.2) is 0 Å². The lowest BCUT2D eigenvalue weighted by Crippen LogP contribution is -2.52. The molecule has 2 unspecified atom stereocenters. The van der Waals surface area contributed by atoms with Crippen molar-refractivity contribution < 1.29 is 9.90 Å². The largest absolute Gasteiger partial charge is 0.480 e. The molecule has 2 N–H and O–H groups in total. The Morgan fingerprint density at radius 1 is 1.39 bits per heavy atom. The van der Waals surface area contributed by atoms with Crippen LogP contribution in [0.3, 0.4) is 0 Å². The summed E-state index contributed by atoms with van der Waals surface area (Å²) in [6, 6.07) is 0.734. The van der Waals surface area contributed by atoms with Crippen molar-refractivity contribution in [1.29, 1.82) is 0 Å². The highest BCUT2D eigenvalue weighted by atomic mass is 16.4. The number of hydrogen-bond acceptors (Lipinski definition) is 3. The highest BCUT2D eigenvalue weighted by Gasteiger charge is 2.32. The number of carboxylic acid groups (broad SMARTS) is 1. The second-order valence-corrected chi connectivity index (χ2v) is 5.78. The van der Waals surface area contributed by atoms with E-state index in [1.807, 2.05) is 13.8 Å². The molecule has 0 amide bonds. The van der Waals surface area contributed by atoms with E-state index < -0.39 is 11.5 Å². The molecular weight excluding hydrogens is 228 g/mol. The van der Waals surface area contributed by atoms with Gasteiger partial charge in [0.15, 0.2) is 0 Å². The average molecular weight is 258 g/mol. The fourth-order valence-corrected chi connectivity index (χ4v) is 2.09. The molecule has 0 bridgehead atoms. The Kier molecular flexibility index (Phi) is 7.48. The number of carboxylic acids is 1. The summed E-state index contributed by atoms with van der Waals surface area (Å²) in [4.78, 5) is 13.6. The molecule has 0 saturated heterocycles. The normalized spacial score (nSPS) is 16.9. The standard InChI is InChI=1S/C14H30N2O2/c1-7-12(4)16(6)10-8-9-14(5,13(17)18)15-11(2)3/h11-12,15H,7-10H2,1-6H3,(H,17,18). The van der Waals surface area contributed by atoms with E-state index in [1.54, 1.807) is 6.92 Å². The zero-order chi connectivity index (χ0) is 14.3. The quantitative estimate of drug-likeness (QED) is 0.666. The maximum Gasteiger partial charge on any atom is 0.323 e. The molecule has 108 valence electrons. The average Bonchev–Trinajstić information content (AvgIpc) is 2.26. The Labute approximate surface area is 112 Å². The van der Waals surface area contributed by atoms with Crippen molar-refractivity contribution in [3.05, 3.63) is 0 Å². The van der Waals surface area contributed by atoms with E-state index in [0.29, 0.717) is 12.5 Å². The number of aliphatic carboxylic acids is 1. The molecule has 0 rings (SSSR count). The lowest BCUT2D eigenvalue weighted by Gasteiger charge is -2.30. The van der Waals surface area contributed by atoms with Crippen molar-refractivity contribution in [3.63, 3.8) is 0 Å². The van der Waals surface area contributed by atoms with Crippen molar-refractivity contribution in [2.24, 2.45) is 0 Å². The molecule has 0 saturated carbocycles. The molecule has 0 aliphatic rings. The van der Waals surface area contributed by atoms with Crippen molar-refractivity contribution in [2.75, 3.05) is 13.6 Å². The number of rotatable bonds is 9. The van der Waals surface area contributed by atoms with Crippen LogP contribution in [-0.2, 0) is 4.79 Å². The lowest BCUT2D eigenvalue weighted by molar-refractivity contribution is -0.144. The van der Waals surface area contributed by atoms with Gasteiger partial charge in [-0.1, -0.05) is 6.92 Å². The molecular formula is C14H30N2O2. The van der Waals surface area contributed by atoms with Crippen LogP contribution in [0.4, 0.5) is 0 Å². The number of nitrogens with zero attached hydrogens (tertiary/aromatic N) is 1. The van der Waals surface area contributed by atoms with Gasteiger partial charge in [0.2, 0.25) is 0 Å². The van der Waals surface area contributed by atoms with Crippen molar-refractivity contribution in [2.45, 2.75) is 71.5 Å². The van der Waals surface area contributed by atoms with Gasteiger partial charge in [-0.05, 0) is 60.5 Å². The maximum atomic E-state index is 11.3. The molecule has 0 aliphatic heterocycles. The van der Waals surface area contributed by atoms with E-state index >= 15 is 0 Å². The van der Waals surface area contributed by atoms with Crippen LogP contribution in [0.25, 0.3) is 0 Å². The smallest absolute Gasteiger partial charge is 0.323 e. The van der Waals surface area contributed by atoms with Crippen molar-refractivity contribution in [3.8, 4) is 0 Å². The van der Waals surface area contributed by atoms with Gasteiger partial charge in [0.05, 0.1) is 0 Å². The van der Waals surface area contributed by atoms with Gasteiger partial charge in [0, 0.05) is 12.1 Å². The summed E-state index contributed by atoms with van der Waals surface area (Å²) in [7, 11) is 2.10. The van der Waals surface area contributed by atoms with Crippen LogP contribution in [0.15, 0.2) is 0 Å². The van der Waals surface area contributed by atoms with Gasteiger partial charge in [-0.15, -0.1) is 0 Å². The van der Waals surface area contributed by atoms with Crippen LogP contribution >= 0.6 is 0 Å². The molecule has 0 spiro atoms. The maximum absolute atomic E-state index is 11.3. The van der Waals surface area contributed by atoms with Gasteiger partial charge in [-0.3, -0.25) is 10.1 Å². The SMILES string of the molecule is CCC(C)N(C)CCCC(C)(NC(C)C)C(=O)O. The molecule has 0 aromatic heterocycles. The van der Waals surface area contributed by atoms with Gasteiger partial charge in [0.25, 0.3) is 0 Å². The first-order valence-corrected chi connectivity index (χ1v) is 6.94. The molecule has 4 nitrogen and oxygen atoms in total. The summed E-state index contributed by atoms with van der Waals surface area (Å²) in [5.74, 6) is -0.762. The molecule has 0 heterocycles. The lowest BCUT2D eigenvalue weighted by atomic mass is 9.94. The first-order valence-electron chi connectivity index (χ1n) is 6.94. The highest BCUT2D eigenvalue weighted by Crippen LogP contribution is 2.15. The fourth-order valence-electron chi connectivity index (χ4n) is 2.09. The monoisotopic (exact) mass is 258 g/mol. The minimum Gasteiger partial charge on any atom is -0.480 e. The topological polar surface area (TPSA) is 52.6 Å². The van der Waals surface area contributed by atoms with E-state index in [2.05, 4.69) is 31.1 Å². The minimum atomic E-state index is -0.815. The van der Waals surface area contributed by atoms with E-state index in [1.165, 1.54) is 0 Å². The molecule has 2 atom stereocenters. The second kappa shape index (κ2) is 7.74. The number of hydrogen-bond donors (Lipinski definition) is 2. The summed E-state index contributed by atoms with van der Waals surface area (Å²) in [5.41, 5.74) is -0.815. The van der Waals surface area contributed by atoms with Crippen molar-refractivity contribution >= 4 is 5.97 Å². The van der Waals surface area contributed by atoms with Crippen LogP contribution in [0, 0.1) is 0 Å². The highest BCUT2D eigenvalue weighted by molar-refractivity contribution is 5.78. The Balaban J connectivity index is 4.25. The van der Waals surface area contributed by atoms with Gasteiger partial charge in [-0.2, -0.15) is 0 Å². The van der Waals surface area contributed by atoms with Crippen LogP contribution in [0.2, 0.25) is 0 Å². The van der Waals surface area contributed by atoms with Gasteiger partial charge < -0.3 is 10.0 Å². The third kappa shape index (κ3) is 5.83. The number of carbonyl (C=O) groups is 1. The number of nitrogens with one attached hydrogen (secondary N) is 1. The minimum absolute atomic E-state index is 0.179. The molecule has 0 aliphatic carbocycles. The van der Waals surface area contributed by atoms with Crippen LogP contribution in [0.1, 0.15) is 53.9 Å². The first-order chi connectivity index (χ1) is 8.23. The second-order valence-electron chi connectivity index (χ2n) is 5.78. The third-order valence-electron chi connectivity index (χ3n) is 3.61. The Morgan fingerprint density at radius 2 is 1.94 bits per heavy atom. The van der Waals surface area contributed by atoms with E-state index in [9.17, 15) is 9.90 Å². The molecule has 0 fully saturated rings. The molecule has 0 aromatic carbocycles. The van der Waals surface area contributed by atoms with Crippen LogP contribution in [0.5, 0.6) is 0 Å². The zero-order valence-electron chi connectivity index (χ0n) is 12.8. The Morgan fingerprint density at radius 3 is 2.33 bits per heavy atom. The summed E-state index contributed by atoms with van der Waals surface area (Å²) < 4.78 is 0. The van der Waals surface area contributed by atoms with Crippen molar-refractivity contribution in [1.82, 2.24) is 10.2 Å². The van der Waals surface area contributed by atoms with Gasteiger partial charge in [0.1, 0.15) is 5.54 Å². The molecule has 4 heteroatoms. The summed E-state index contributed by atoms with van der Waals surface area (Å²) in [6.45, 7) is 11.0. The third-order valence-corrected chi connectivity index (χ3v) is 3.61. The predicted molar refractivity (Wildman–Crippen MR) is 75.9 cm³/mol. The Bertz CT molecular complexity index is 256. The van der Waals surface area contributed by atoms with E-state index in [-0.39, 0.29) is 6.04 Å². The molecule has 18 heavy (non-hydrogen) atoms. The summed E-state index contributed by atoms with van der Waals surface area (Å²) >= 11 is 0. The summed E-state index contributed by atoms with van der Waals surface area (Å²) in [6.07, 6.45) is 2.67. The first kappa shape index (κ1) is 17.4. The fraction of sp³-hybridized carbons (Fsp3) is 0.929. The predicted octanol–water partition coefficient (Wildman–Crippen LogP) is 2.34. The van der Waals surface area contributed by atoms with E-state index in [4.69, 9.17) is 0 Å². The van der Waals surface area contributed by atoms with E-state index in [0.717, 1.165) is 19.4 Å². The Hall–Kier alpha value is -0.610. The zero-order valence-corrected chi connectivity index (χ0v) is 12.8.